The van der Waals surface area contributed by atoms with Crippen molar-refractivity contribution < 1.29 is 13.5 Å². The Labute approximate surface area is 110 Å². The highest BCUT2D eigenvalue weighted by Crippen LogP contribution is 2.37. The summed E-state index contributed by atoms with van der Waals surface area (Å²) in [6, 6.07) is 0.786. The molecule has 2 aromatic heterocycles. The molecule has 0 N–H and O–H groups in total. The Bertz CT molecular complexity index is 615. The zero-order valence-electron chi connectivity index (χ0n) is 9.16. The van der Waals surface area contributed by atoms with Crippen LogP contribution in [-0.4, -0.2) is 21.4 Å². The number of ether oxygens (including phenoxy) is 1. The lowest BCUT2D eigenvalue weighted by atomic mass is 10.2. The van der Waals surface area contributed by atoms with E-state index < -0.39 is 11.6 Å². The van der Waals surface area contributed by atoms with Gasteiger partial charge in [0.2, 0.25) is 5.88 Å². The molecule has 0 unspecified atom stereocenters. The summed E-state index contributed by atoms with van der Waals surface area (Å²) >= 11 is 3.32. The quantitative estimate of drug-likeness (QED) is 0.812. The molecule has 7 heteroatoms. The highest BCUT2D eigenvalue weighted by Gasteiger charge is 2.23. The predicted octanol–water partition coefficient (Wildman–Crippen LogP) is 2.77. The van der Waals surface area contributed by atoms with Gasteiger partial charge < -0.3 is 4.74 Å². The Kier molecular flexibility index (Phi) is 2.77. The number of fused-ring (bicyclic) bond motifs is 1. The number of hydrogen-bond donors (Lipinski definition) is 0. The first-order valence-electron chi connectivity index (χ1n) is 5.37. The van der Waals surface area contributed by atoms with Crippen LogP contribution < -0.4 is 4.74 Å². The van der Waals surface area contributed by atoms with Crippen molar-refractivity contribution in [3.05, 3.63) is 28.4 Å². The number of hydrogen-bond acceptors (Lipinski definition) is 3. The van der Waals surface area contributed by atoms with Crippen LogP contribution in [0.3, 0.4) is 0 Å². The second-order valence-corrected chi connectivity index (χ2v) is 4.67. The van der Waals surface area contributed by atoms with E-state index >= 15 is 0 Å². The molecule has 0 spiro atoms. The van der Waals surface area contributed by atoms with Gasteiger partial charge in [-0.2, -0.15) is 5.10 Å². The maximum atomic E-state index is 13.7. The number of aromatic nitrogens is 3. The summed E-state index contributed by atoms with van der Waals surface area (Å²) in [6.07, 6.45) is 1.81. The molecule has 0 bridgehead atoms. The molecule has 3 rings (SSSR count). The Morgan fingerprint density at radius 2 is 2.17 bits per heavy atom. The minimum atomic E-state index is -0.744. The Morgan fingerprint density at radius 1 is 1.33 bits per heavy atom. The van der Waals surface area contributed by atoms with Crippen molar-refractivity contribution in [1.29, 1.82) is 0 Å². The smallest absolute Gasteiger partial charge is 0.227 e. The monoisotopic (exact) mass is 315 g/mol. The van der Waals surface area contributed by atoms with Crippen molar-refractivity contribution in [2.45, 2.75) is 13.0 Å². The van der Waals surface area contributed by atoms with Crippen LogP contribution >= 0.6 is 15.9 Å². The first-order valence-corrected chi connectivity index (χ1v) is 6.16. The van der Waals surface area contributed by atoms with Crippen LogP contribution in [-0.2, 0) is 6.54 Å². The van der Waals surface area contributed by atoms with Crippen LogP contribution in [0, 0.1) is 11.6 Å². The molecule has 0 amide bonds. The molecule has 3 heterocycles. The Hall–Kier alpha value is -1.50. The van der Waals surface area contributed by atoms with Crippen LogP contribution in [0.4, 0.5) is 8.78 Å². The molecule has 0 saturated heterocycles. The summed E-state index contributed by atoms with van der Waals surface area (Å²) in [5.41, 5.74) is 0.332. The van der Waals surface area contributed by atoms with Crippen molar-refractivity contribution >= 4 is 15.9 Å². The summed E-state index contributed by atoms with van der Waals surface area (Å²) in [7, 11) is 0. The van der Waals surface area contributed by atoms with E-state index in [2.05, 4.69) is 26.0 Å². The van der Waals surface area contributed by atoms with Crippen LogP contribution in [0.15, 0.2) is 16.7 Å². The highest BCUT2D eigenvalue weighted by molar-refractivity contribution is 9.10. The van der Waals surface area contributed by atoms with Crippen molar-refractivity contribution in [3.63, 3.8) is 0 Å². The SMILES string of the molecule is Fc1cnc(-c2nn3c(c2Br)OCCC3)c(F)c1. The van der Waals surface area contributed by atoms with E-state index in [1.54, 1.807) is 4.68 Å². The van der Waals surface area contributed by atoms with Gasteiger partial charge in [0.15, 0.2) is 5.82 Å². The lowest BCUT2D eigenvalue weighted by Gasteiger charge is -2.14. The third-order valence-electron chi connectivity index (χ3n) is 2.64. The third kappa shape index (κ3) is 1.78. The predicted molar refractivity (Wildman–Crippen MR) is 63.2 cm³/mol. The van der Waals surface area contributed by atoms with Crippen molar-refractivity contribution in [3.8, 4) is 17.3 Å². The first-order chi connectivity index (χ1) is 8.66. The molecule has 1 aliphatic rings. The van der Waals surface area contributed by atoms with E-state index in [-0.39, 0.29) is 5.69 Å². The standard InChI is InChI=1S/C11H8BrF2N3O/c12-8-10(9-7(14)4-6(13)5-15-9)16-17-2-1-3-18-11(8)17/h4-5H,1-3H2. The van der Waals surface area contributed by atoms with Crippen molar-refractivity contribution in [2.24, 2.45) is 0 Å². The number of nitrogens with zero attached hydrogens (tertiary/aromatic N) is 3. The molecule has 18 heavy (non-hydrogen) atoms. The highest BCUT2D eigenvalue weighted by atomic mass is 79.9. The van der Waals surface area contributed by atoms with E-state index in [1.807, 2.05) is 0 Å². The molecule has 0 aliphatic carbocycles. The van der Waals surface area contributed by atoms with Crippen molar-refractivity contribution in [2.75, 3.05) is 6.61 Å². The minimum absolute atomic E-state index is 0.00813. The number of aryl methyl sites for hydroxylation is 1. The minimum Gasteiger partial charge on any atom is -0.477 e. The fourth-order valence-corrected chi connectivity index (χ4v) is 2.42. The van der Waals surface area contributed by atoms with E-state index in [1.165, 1.54) is 0 Å². The Balaban J connectivity index is 2.14. The van der Waals surface area contributed by atoms with Gasteiger partial charge in [0, 0.05) is 19.0 Å². The molecule has 4 nitrogen and oxygen atoms in total. The van der Waals surface area contributed by atoms with Gasteiger partial charge in [-0.3, -0.25) is 0 Å². The second-order valence-electron chi connectivity index (χ2n) is 3.88. The molecule has 0 radical (unpaired) electrons. The normalized spacial score (nSPS) is 14.2. The van der Waals surface area contributed by atoms with E-state index in [0.717, 1.165) is 18.7 Å². The molecular formula is C11H8BrF2N3O. The average molecular weight is 316 g/mol. The number of pyridine rings is 1. The fourth-order valence-electron chi connectivity index (χ4n) is 1.84. The molecule has 0 atom stereocenters. The van der Waals surface area contributed by atoms with Crippen LogP contribution in [0.25, 0.3) is 11.4 Å². The zero-order chi connectivity index (χ0) is 12.7. The molecule has 0 fully saturated rings. The maximum absolute atomic E-state index is 13.7. The van der Waals surface area contributed by atoms with E-state index in [0.29, 0.717) is 29.2 Å². The van der Waals surface area contributed by atoms with Gasteiger partial charge in [-0.15, -0.1) is 0 Å². The lowest BCUT2D eigenvalue weighted by molar-refractivity contribution is 0.229. The second kappa shape index (κ2) is 4.31. The molecule has 2 aromatic rings. The van der Waals surface area contributed by atoms with Gasteiger partial charge in [-0.05, 0) is 15.9 Å². The van der Waals surface area contributed by atoms with Crippen molar-refractivity contribution in [1.82, 2.24) is 14.8 Å². The summed E-state index contributed by atoms with van der Waals surface area (Å²) in [5.74, 6) is -0.902. The molecule has 1 aliphatic heterocycles. The molecule has 94 valence electrons. The van der Waals surface area contributed by atoms with Crippen LogP contribution in [0.5, 0.6) is 5.88 Å². The number of halogens is 3. The van der Waals surface area contributed by atoms with E-state index in [4.69, 9.17) is 4.74 Å². The number of rotatable bonds is 1. The largest absolute Gasteiger partial charge is 0.477 e. The topological polar surface area (TPSA) is 39.9 Å². The summed E-state index contributed by atoms with van der Waals surface area (Å²) in [4.78, 5) is 3.74. The third-order valence-corrected chi connectivity index (χ3v) is 3.35. The van der Waals surface area contributed by atoms with Gasteiger partial charge in [0.1, 0.15) is 21.7 Å². The van der Waals surface area contributed by atoms with Gasteiger partial charge >= 0.3 is 0 Å². The van der Waals surface area contributed by atoms with Gasteiger partial charge in [0.25, 0.3) is 0 Å². The average Bonchev–Trinajstić information content (AvgIpc) is 2.68. The van der Waals surface area contributed by atoms with Crippen LogP contribution in [0.2, 0.25) is 0 Å². The van der Waals surface area contributed by atoms with Gasteiger partial charge in [-0.25, -0.2) is 18.4 Å². The van der Waals surface area contributed by atoms with Gasteiger partial charge in [0.05, 0.1) is 12.8 Å². The molecular weight excluding hydrogens is 308 g/mol. The summed E-state index contributed by atoms with van der Waals surface area (Å²) in [5, 5.41) is 4.23. The summed E-state index contributed by atoms with van der Waals surface area (Å²) < 4.78 is 34.1. The van der Waals surface area contributed by atoms with E-state index in [9.17, 15) is 8.78 Å². The molecule has 0 saturated carbocycles. The molecule has 0 aromatic carbocycles. The van der Waals surface area contributed by atoms with Gasteiger partial charge in [-0.1, -0.05) is 0 Å². The fraction of sp³-hybridized carbons (Fsp3) is 0.273. The van der Waals surface area contributed by atoms with Crippen LogP contribution in [0.1, 0.15) is 6.42 Å². The first kappa shape index (κ1) is 11.6. The Morgan fingerprint density at radius 3 is 2.89 bits per heavy atom. The zero-order valence-corrected chi connectivity index (χ0v) is 10.7. The lowest BCUT2D eigenvalue weighted by Crippen LogP contribution is -2.14. The summed E-state index contributed by atoms with van der Waals surface area (Å²) in [6.45, 7) is 1.31. The maximum Gasteiger partial charge on any atom is 0.227 e.